The van der Waals surface area contributed by atoms with Crippen LogP contribution in [0.2, 0.25) is 5.02 Å². The highest BCUT2D eigenvalue weighted by Gasteiger charge is 2.39. The van der Waals surface area contributed by atoms with E-state index in [4.69, 9.17) is 16.3 Å². The summed E-state index contributed by atoms with van der Waals surface area (Å²) in [6, 6.07) is 10.3. The Morgan fingerprint density at radius 1 is 1.30 bits per heavy atom. The van der Waals surface area contributed by atoms with Crippen LogP contribution in [-0.4, -0.2) is 18.0 Å². The number of hydrogen-bond donors (Lipinski definition) is 1. The number of rotatable bonds is 3. The molecule has 6 nitrogen and oxygen atoms in total. The van der Waals surface area contributed by atoms with Gasteiger partial charge >= 0.3 is 5.97 Å². The first-order chi connectivity index (χ1) is 13.0. The Balaban J connectivity index is 1.74. The molecule has 0 saturated carbocycles. The van der Waals surface area contributed by atoms with E-state index in [-0.39, 0.29) is 29.5 Å². The molecule has 1 aliphatic heterocycles. The second kappa shape index (κ2) is 6.70. The van der Waals surface area contributed by atoms with E-state index in [0.29, 0.717) is 10.6 Å². The normalized spacial score (nSPS) is 22.5. The summed E-state index contributed by atoms with van der Waals surface area (Å²) < 4.78 is 4.75. The highest BCUT2D eigenvalue weighted by molar-refractivity contribution is 6.33. The number of anilines is 1. The lowest BCUT2D eigenvalue weighted by Crippen LogP contribution is -2.29. The fourth-order valence-electron chi connectivity index (χ4n) is 4.02. The number of nitrogens with one attached hydrogen (secondary N) is 1. The number of esters is 1. The molecule has 4 rings (SSSR count). The Bertz CT molecular complexity index is 955. The van der Waals surface area contributed by atoms with Crippen LogP contribution in [0, 0.1) is 16.0 Å². The van der Waals surface area contributed by atoms with Crippen molar-refractivity contribution >= 4 is 28.9 Å². The van der Waals surface area contributed by atoms with Crippen LogP contribution in [0.4, 0.5) is 11.4 Å². The molecule has 7 heteroatoms. The number of hydrogen-bond acceptors (Lipinski definition) is 5. The van der Waals surface area contributed by atoms with E-state index in [1.165, 1.54) is 13.2 Å². The molecule has 3 atom stereocenters. The molecule has 2 aromatic carbocycles. The number of fused-ring (bicyclic) bond motifs is 3. The van der Waals surface area contributed by atoms with Gasteiger partial charge in [-0.05, 0) is 35.6 Å². The van der Waals surface area contributed by atoms with E-state index in [0.717, 1.165) is 23.2 Å². The van der Waals surface area contributed by atoms with Crippen LogP contribution >= 0.6 is 11.6 Å². The molecule has 0 bridgehead atoms. The second-order valence-corrected chi connectivity index (χ2v) is 7.15. The average Bonchev–Trinajstić information content (AvgIpc) is 3.17. The van der Waals surface area contributed by atoms with Crippen LogP contribution in [-0.2, 0) is 4.74 Å². The van der Waals surface area contributed by atoms with Crippen LogP contribution in [0.5, 0.6) is 0 Å². The van der Waals surface area contributed by atoms with Crippen molar-refractivity contribution in [3.63, 3.8) is 0 Å². The fraction of sp³-hybridized carbons (Fsp3) is 0.250. The van der Waals surface area contributed by atoms with E-state index < -0.39 is 4.92 Å². The van der Waals surface area contributed by atoms with E-state index >= 15 is 0 Å². The lowest BCUT2D eigenvalue weighted by molar-refractivity contribution is -0.384. The summed E-state index contributed by atoms with van der Waals surface area (Å²) in [5, 5.41) is 15.0. The molecular weight excluding hydrogens is 368 g/mol. The van der Waals surface area contributed by atoms with E-state index in [9.17, 15) is 14.9 Å². The number of carbonyl (C=O) groups is 1. The van der Waals surface area contributed by atoms with Crippen molar-refractivity contribution in [1.82, 2.24) is 0 Å². The quantitative estimate of drug-likeness (QED) is 0.353. The molecule has 0 saturated heterocycles. The zero-order valence-corrected chi connectivity index (χ0v) is 15.3. The minimum atomic E-state index is -0.419. The molecule has 0 fully saturated rings. The van der Waals surface area contributed by atoms with Crippen molar-refractivity contribution in [3.8, 4) is 0 Å². The van der Waals surface area contributed by atoms with E-state index in [2.05, 4.69) is 17.5 Å². The SMILES string of the molecule is COC(=O)c1ccc([C@@H]2Nc3c(Cl)cc([N+](=O)[O-])cc3[C@H]3C=CC[C@@H]32)cc1. The van der Waals surface area contributed by atoms with Gasteiger partial charge in [0, 0.05) is 18.1 Å². The first-order valence-corrected chi connectivity index (χ1v) is 8.96. The number of benzene rings is 2. The number of nitro groups is 1. The van der Waals surface area contributed by atoms with Crippen LogP contribution in [0.25, 0.3) is 0 Å². The summed E-state index contributed by atoms with van der Waals surface area (Å²) in [7, 11) is 1.35. The van der Waals surface area contributed by atoms with Gasteiger partial charge in [-0.15, -0.1) is 0 Å². The maximum Gasteiger partial charge on any atom is 0.337 e. The number of non-ortho nitro benzene ring substituents is 1. The van der Waals surface area contributed by atoms with Gasteiger partial charge in [0.15, 0.2) is 0 Å². The predicted octanol–water partition coefficient (Wildman–Crippen LogP) is 4.86. The molecule has 138 valence electrons. The zero-order chi connectivity index (χ0) is 19.1. The van der Waals surface area contributed by atoms with Crippen LogP contribution in [0.3, 0.4) is 0 Å². The predicted molar refractivity (Wildman–Crippen MR) is 102 cm³/mol. The number of nitro benzene ring substituents is 1. The third-order valence-electron chi connectivity index (χ3n) is 5.31. The van der Waals surface area contributed by atoms with Gasteiger partial charge in [-0.1, -0.05) is 35.9 Å². The highest BCUT2D eigenvalue weighted by Crippen LogP contribution is 2.52. The number of halogens is 1. The molecule has 0 spiro atoms. The third-order valence-corrected chi connectivity index (χ3v) is 5.61. The summed E-state index contributed by atoms with van der Waals surface area (Å²) in [5.41, 5.74) is 3.11. The van der Waals surface area contributed by atoms with Crippen molar-refractivity contribution < 1.29 is 14.5 Å². The first-order valence-electron chi connectivity index (χ1n) is 8.59. The molecule has 2 aliphatic rings. The maximum atomic E-state index is 11.7. The van der Waals surface area contributed by atoms with Crippen LogP contribution in [0.15, 0.2) is 48.6 Å². The molecule has 1 heterocycles. The minimum absolute atomic E-state index is 0.000445. The van der Waals surface area contributed by atoms with Crippen molar-refractivity contribution in [1.29, 1.82) is 0 Å². The third kappa shape index (κ3) is 2.96. The molecule has 27 heavy (non-hydrogen) atoms. The Hall–Kier alpha value is -2.86. The van der Waals surface area contributed by atoms with Gasteiger partial charge in [0.1, 0.15) is 0 Å². The first kappa shape index (κ1) is 17.5. The standard InChI is InChI=1S/C20H17ClN2O4/c1-27-20(24)12-7-5-11(6-8-12)18-15-4-2-3-14(15)16-9-13(23(25)26)10-17(21)19(16)22-18/h2-3,5-10,14-15,18,22H,4H2,1H3/t14-,15-,18-/m0/s1. The molecule has 0 radical (unpaired) electrons. The van der Waals surface area contributed by atoms with E-state index in [1.807, 2.05) is 12.1 Å². The van der Waals surface area contributed by atoms with Crippen molar-refractivity contribution in [2.45, 2.75) is 18.4 Å². The molecular formula is C20H17ClN2O4. The van der Waals surface area contributed by atoms with Crippen LogP contribution < -0.4 is 5.32 Å². The Labute approximate surface area is 160 Å². The minimum Gasteiger partial charge on any atom is -0.465 e. The molecule has 0 amide bonds. The smallest absolute Gasteiger partial charge is 0.337 e. The van der Waals surface area contributed by atoms with E-state index in [1.54, 1.807) is 18.2 Å². The average molecular weight is 385 g/mol. The maximum absolute atomic E-state index is 11.7. The number of nitrogens with zero attached hydrogens (tertiary/aromatic N) is 1. The van der Waals surface area contributed by atoms with Gasteiger partial charge in [-0.25, -0.2) is 4.79 Å². The zero-order valence-electron chi connectivity index (χ0n) is 14.5. The van der Waals surface area contributed by atoms with Crippen LogP contribution in [0.1, 0.15) is 39.9 Å². The Morgan fingerprint density at radius 2 is 2.04 bits per heavy atom. The number of ether oxygens (including phenoxy) is 1. The van der Waals surface area contributed by atoms with Gasteiger partial charge in [0.25, 0.3) is 5.69 Å². The summed E-state index contributed by atoms with van der Waals surface area (Å²) in [5.74, 6) is -0.0947. The molecule has 1 aliphatic carbocycles. The molecule has 0 aromatic heterocycles. The monoisotopic (exact) mass is 384 g/mol. The van der Waals surface area contributed by atoms with Gasteiger partial charge in [-0.2, -0.15) is 0 Å². The summed E-state index contributed by atoms with van der Waals surface area (Å²) >= 11 is 6.37. The largest absolute Gasteiger partial charge is 0.465 e. The summed E-state index contributed by atoms with van der Waals surface area (Å²) in [6.07, 6.45) is 5.07. The van der Waals surface area contributed by atoms with Gasteiger partial charge in [-0.3, -0.25) is 10.1 Å². The lowest BCUT2D eigenvalue weighted by atomic mass is 9.77. The van der Waals surface area contributed by atoms with Crippen molar-refractivity contribution in [2.24, 2.45) is 5.92 Å². The Kier molecular flexibility index (Phi) is 4.36. The summed E-state index contributed by atoms with van der Waals surface area (Å²) in [6.45, 7) is 0. The van der Waals surface area contributed by atoms with Gasteiger partial charge in [0.2, 0.25) is 0 Å². The second-order valence-electron chi connectivity index (χ2n) is 6.74. The highest BCUT2D eigenvalue weighted by atomic mass is 35.5. The van der Waals surface area contributed by atoms with Crippen molar-refractivity contribution in [2.75, 3.05) is 12.4 Å². The van der Waals surface area contributed by atoms with Gasteiger partial charge < -0.3 is 10.1 Å². The molecule has 1 N–H and O–H groups in total. The van der Waals surface area contributed by atoms with Gasteiger partial charge in [0.05, 0.1) is 34.3 Å². The number of methoxy groups -OCH3 is 1. The summed E-state index contributed by atoms with van der Waals surface area (Å²) in [4.78, 5) is 22.4. The fourth-order valence-corrected chi connectivity index (χ4v) is 4.30. The Morgan fingerprint density at radius 3 is 2.70 bits per heavy atom. The van der Waals surface area contributed by atoms with Crippen molar-refractivity contribution in [3.05, 3.63) is 80.4 Å². The molecule has 2 aromatic rings. The lowest BCUT2D eigenvalue weighted by Gasteiger charge is -2.37. The molecule has 0 unspecified atom stereocenters. The number of carbonyl (C=O) groups excluding carboxylic acids is 1. The number of allylic oxidation sites excluding steroid dienone is 2. The topological polar surface area (TPSA) is 81.5 Å².